The molecule has 0 spiro atoms. The van der Waals surface area contributed by atoms with E-state index in [1.165, 1.54) is 11.3 Å². The second-order valence-electron chi connectivity index (χ2n) is 6.99. The topological polar surface area (TPSA) is 78.4 Å². The van der Waals surface area contributed by atoms with Gasteiger partial charge in [-0.25, -0.2) is 9.78 Å². The first kappa shape index (κ1) is 16.9. The normalized spacial score (nSPS) is 21.7. The third-order valence-electron chi connectivity index (χ3n) is 4.73. The number of hydrogen-bond donors (Lipinski definition) is 2. The summed E-state index contributed by atoms with van der Waals surface area (Å²) in [5, 5.41) is 15.2. The third kappa shape index (κ3) is 2.57. The van der Waals surface area contributed by atoms with Crippen LogP contribution in [0.15, 0.2) is 29.2 Å². The van der Waals surface area contributed by atoms with Crippen LogP contribution in [0.3, 0.4) is 0 Å². The van der Waals surface area contributed by atoms with Crippen LogP contribution in [0, 0.1) is 5.41 Å². The van der Waals surface area contributed by atoms with E-state index in [-0.39, 0.29) is 5.41 Å². The number of carbonyl (C=O) groups is 1. The first-order valence-electron chi connectivity index (χ1n) is 7.93. The highest BCUT2D eigenvalue weighted by Crippen LogP contribution is 2.47. The molecule has 1 amide bonds. The molecule has 1 atom stereocenters. The number of carboxylic acid groups (broad SMARTS) is 1. The number of thiazole rings is 1. The Balaban J connectivity index is 2.27. The minimum absolute atomic E-state index is 0.349. The SMILES string of the molecule is CC(C)(C)C1(c2ncccc2-c2cscn2)CNCCN1C(=O)O. The van der Waals surface area contributed by atoms with Gasteiger partial charge in [0.2, 0.25) is 0 Å². The molecule has 7 heteroatoms. The first-order chi connectivity index (χ1) is 11.4. The number of rotatable bonds is 2. The summed E-state index contributed by atoms with van der Waals surface area (Å²) in [6.45, 7) is 7.79. The van der Waals surface area contributed by atoms with Crippen LogP contribution < -0.4 is 5.32 Å². The molecular formula is C17H22N4O2S. The Labute approximate surface area is 145 Å². The van der Waals surface area contributed by atoms with Crippen molar-refractivity contribution >= 4 is 17.4 Å². The van der Waals surface area contributed by atoms with E-state index in [1.807, 2.05) is 17.5 Å². The van der Waals surface area contributed by atoms with Gasteiger partial charge in [-0.3, -0.25) is 9.88 Å². The lowest BCUT2D eigenvalue weighted by Crippen LogP contribution is -2.66. The highest BCUT2D eigenvalue weighted by atomic mass is 32.1. The van der Waals surface area contributed by atoms with E-state index in [2.05, 4.69) is 36.1 Å². The highest BCUT2D eigenvalue weighted by Gasteiger charge is 2.53. The van der Waals surface area contributed by atoms with Crippen molar-refractivity contribution in [2.24, 2.45) is 5.41 Å². The lowest BCUT2D eigenvalue weighted by Gasteiger charge is -2.53. The fourth-order valence-electron chi connectivity index (χ4n) is 3.53. The molecule has 128 valence electrons. The van der Waals surface area contributed by atoms with Gasteiger partial charge < -0.3 is 10.4 Å². The first-order valence-corrected chi connectivity index (χ1v) is 8.87. The van der Waals surface area contributed by atoms with E-state index < -0.39 is 11.6 Å². The fraction of sp³-hybridized carbons (Fsp3) is 0.471. The summed E-state index contributed by atoms with van der Waals surface area (Å²) in [5.74, 6) is 0. The smallest absolute Gasteiger partial charge is 0.408 e. The van der Waals surface area contributed by atoms with Crippen molar-refractivity contribution in [3.05, 3.63) is 34.9 Å². The zero-order valence-corrected chi connectivity index (χ0v) is 14.9. The maximum Gasteiger partial charge on any atom is 0.408 e. The summed E-state index contributed by atoms with van der Waals surface area (Å²) in [6.07, 6.45) is 0.814. The van der Waals surface area contributed by atoms with Gasteiger partial charge in [-0.2, -0.15) is 0 Å². The van der Waals surface area contributed by atoms with Crippen LogP contribution in [-0.2, 0) is 5.54 Å². The van der Waals surface area contributed by atoms with Crippen molar-refractivity contribution in [1.82, 2.24) is 20.2 Å². The van der Waals surface area contributed by atoms with E-state index in [0.717, 1.165) is 17.0 Å². The van der Waals surface area contributed by atoms with E-state index >= 15 is 0 Å². The molecule has 0 bridgehead atoms. The number of pyridine rings is 1. The molecule has 2 N–H and O–H groups in total. The van der Waals surface area contributed by atoms with E-state index in [0.29, 0.717) is 19.6 Å². The Hall–Kier alpha value is -1.99. The quantitative estimate of drug-likeness (QED) is 0.874. The number of nitrogens with one attached hydrogen (secondary N) is 1. The molecule has 6 nitrogen and oxygen atoms in total. The minimum atomic E-state index is -0.915. The molecule has 2 aromatic heterocycles. The molecule has 0 aliphatic carbocycles. The third-order valence-corrected chi connectivity index (χ3v) is 5.32. The predicted octanol–water partition coefficient (Wildman–Crippen LogP) is 3.03. The lowest BCUT2D eigenvalue weighted by atomic mass is 9.68. The Morgan fingerprint density at radius 1 is 1.42 bits per heavy atom. The van der Waals surface area contributed by atoms with Gasteiger partial charge in [0.1, 0.15) is 5.54 Å². The zero-order chi connectivity index (χ0) is 17.4. The summed E-state index contributed by atoms with van der Waals surface area (Å²) in [7, 11) is 0. The fourth-order valence-corrected chi connectivity index (χ4v) is 4.08. The van der Waals surface area contributed by atoms with E-state index in [9.17, 15) is 9.90 Å². The van der Waals surface area contributed by atoms with Gasteiger partial charge in [-0.05, 0) is 17.5 Å². The molecule has 1 saturated heterocycles. The Morgan fingerprint density at radius 2 is 2.21 bits per heavy atom. The largest absolute Gasteiger partial charge is 0.465 e. The van der Waals surface area contributed by atoms with Crippen LogP contribution >= 0.6 is 11.3 Å². The van der Waals surface area contributed by atoms with Crippen molar-refractivity contribution in [2.45, 2.75) is 26.3 Å². The van der Waals surface area contributed by atoms with Gasteiger partial charge in [0.05, 0.1) is 16.9 Å². The van der Waals surface area contributed by atoms with Gasteiger partial charge in [0.15, 0.2) is 0 Å². The van der Waals surface area contributed by atoms with E-state index in [1.54, 1.807) is 16.6 Å². The summed E-state index contributed by atoms with van der Waals surface area (Å²) in [6, 6.07) is 3.84. The number of amides is 1. The maximum absolute atomic E-state index is 12.0. The molecule has 3 rings (SSSR count). The molecule has 0 saturated carbocycles. The van der Waals surface area contributed by atoms with Crippen molar-refractivity contribution in [2.75, 3.05) is 19.6 Å². The monoisotopic (exact) mass is 346 g/mol. The standard InChI is InChI=1S/C17H22N4O2S/c1-16(2,3)17(10-18-7-8-21(17)15(22)23)14-12(5-4-6-19-14)13-9-24-11-20-13/h4-6,9,11,18H,7-8,10H2,1-3H3,(H,22,23). The average Bonchev–Trinajstić information content (AvgIpc) is 3.08. The van der Waals surface area contributed by atoms with Crippen LogP contribution in [0.1, 0.15) is 26.5 Å². The summed E-state index contributed by atoms with van der Waals surface area (Å²) in [4.78, 5) is 22.7. The summed E-state index contributed by atoms with van der Waals surface area (Å²) < 4.78 is 0. The van der Waals surface area contributed by atoms with Gasteiger partial charge in [0, 0.05) is 36.8 Å². The zero-order valence-electron chi connectivity index (χ0n) is 14.1. The molecule has 1 aliphatic rings. The lowest BCUT2D eigenvalue weighted by molar-refractivity contribution is -0.0209. The van der Waals surface area contributed by atoms with Crippen molar-refractivity contribution in [1.29, 1.82) is 0 Å². The van der Waals surface area contributed by atoms with Crippen molar-refractivity contribution < 1.29 is 9.90 Å². The van der Waals surface area contributed by atoms with Gasteiger partial charge in [-0.1, -0.05) is 20.8 Å². The number of nitrogens with zero attached hydrogens (tertiary/aromatic N) is 3. The Kier molecular flexibility index (Phi) is 4.31. The molecule has 1 unspecified atom stereocenters. The number of aromatic nitrogens is 2. The molecule has 2 aromatic rings. The Bertz CT molecular complexity index is 726. The van der Waals surface area contributed by atoms with Crippen molar-refractivity contribution in [3.8, 4) is 11.3 Å². The number of piperazine rings is 1. The molecule has 1 aliphatic heterocycles. The molecule has 3 heterocycles. The molecule has 24 heavy (non-hydrogen) atoms. The second kappa shape index (κ2) is 6.14. The average molecular weight is 346 g/mol. The van der Waals surface area contributed by atoms with Gasteiger partial charge >= 0.3 is 6.09 Å². The maximum atomic E-state index is 12.0. The summed E-state index contributed by atoms with van der Waals surface area (Å²) in [5.41, 5.74) is 3.16. The highest BCUT2D eigenvalue weighted by molar-refractivity contribution is 7.07. The minimum Gasteiger partial charge on any atom is -0.465 e. The van der Waals surface area contributed by atoms with Gasteiger partial charge in [-0.15, -0.1) is 11.3 Å². The predicted molar refractivity (Wildman–Crippen MR) is 94.1 cm³/mol. The van der Waals surface area contributed by atoms with Gasteiger partial charge in [0.25, 0.3) is 0 Å². The summed E-state index contributed by atoms with van der Waals surface area (Å²) >= 11 is 1.52. The van der Waals surface area contributed by atoms with Crippen LogP contribution in [0.25, 0.3) is 11.3 Å². The number of hydrogen-bond acceptors (Lipinski definition) is 5. The second-order valence-corrected chi connectivity index (χ2v) is 7.71. The Morgan fingerprint density at radius 3 is 2.83 bits per heavy atom. The molecule has 1 fully saturated rings. The molecular weight excluding hydrogens is 324 g/mol. The van der Waals surface area contributed by atoms with Crippen LogP contribution in [-0.4, -0.2) is 45.7 Å². The van der Waals surface area contributed by atoms with E-state index in [4.69, 9.17) is 0 Å². The van der Waals surface area contributed by atoms with Crippen LogP contribution in [0.2, 0.25) is 0 Å². The van der Waals surface area contributed by atoms with Crippen LogP contribution in [0.5, 0.6) is 0 Å². The van der Waals surface area contributed by atoms with Crippen molar-refractivity contribution in [3.63, 3.8) is 0 Å². The molecule has 0 radical (unpaired) electrons. The molecule has 0 aromatic carbocycles. The van der Waals surface area contributed by atoms with Crippen LogP contribution in [0.4, 0.5) is 4.79 Å².